The molecule has 2 heteroatoms. The SMILES string of the molecule is CC(=O)OC[C@]12C=CC3=C4CCCC=C4CC[C@H]3[C@@H]1CCC2. The minimum atomic E-state index is -0.140. The van der Waals surface area contributed by atoms with Gasteiger partial charge in [-0.3, -0.25) is 4.79 Å². The van der Waals surface area contributed by atoms with Crippen LogP contribution in [-0.4, -0.2) is 12.6 Å². The Morgan fingerprint density at radius 1 is 1.32 bits per heavy atom. The highest BCUT2D eigenvalue weighted by Gasteiger charge is 2.49. The summed E-state index contributed by atoms with van der Waals surface area (Å²) in [6.07, 6.45) is 17.4. The van der Waals surface area contributed by atoms with E-state index in [-0.39, 0.29) is 11.4 Å². The molecule has 0 N–H and O–H groups in total. The Bertz CT molecular complexity index is 581. The zero-order valence-electron chi connectivity index (χ0n) is 13.6. The number of esters is 1. The van der Waals surface area contributed by atoms with E-state index in [9.17, 15) is 4.79 Å². The first-order valence-corrected chi connectivity index (χ1v) is 8.95. The molecule has 0 radical (unpaired) electrons. The Labute approximate surface area is 133 Å². The molecule has 0 bridgehead atoms. The molecule has 3 atom stereocenters. The minimum Gasteiger partial charge on any atom is -0.465 e. The van der Waals surface area contributed by atoms with Crippen molar-refractivity contribution in [1.29, 1.82) is 0 Å². The molecule has 4 aliphatic rings. The van der Waals surface area contributed by atoms with Crippen molar-refractivity contribution in [2.24, 2.45) is 17.3 Å². The van der Waals surface area contributed by atoms with Crippen LogP contribution in [0.1, 0.15) is 58.3 Å². The van der Waals surface area contributed by atoms with Gasteiger partial charge in [0.1, 0.15) is 6.61 Å². The predicted octanol–water partition coefficient (Wildman–Crippen LogP) is 4.72. The summed E-state index contributed by atoms with van der Waals surface area (Å²) >= 11 is 0. The van der Waals surface area contributed by atoms with Crippen LogP contribution in [0.15, 0.2) is 34.9 Å². The van der Waals surface area contributed by atoms with Crippen LogP contribution in [0.25, 0.3) is 0 Å². The number of allylic oxidation sites excluding steroid dienone is 5. The van der Waals surface area contributed by atoms with E-state index in [1.54, 1.807) is 16.7 Å². The first-order valence-electron chi connectivity index (χ1n) is 8.95. The second kappa shape index (κ2) is 5.40. The lowest BCUT2D eigenvalue weighted by Crippen LogP contribution is -2.39. The van der Waals surface area contributed by atoms with Gasteiger partial charge in [-0.15, -0.1) is 0 Å². The topological polar surface area (TPSA) is 26.3 Å². The third-order valence-electron chi connectivity index (χ3n) is 6.40. The quantitative estimate of drug-likeness (QED) is 0.689. The smallest absolute Gasteiger partial charge is 0.302 e. The standard InChI is InChI=1S/C20H26O2/c1-14(21)22-13-20-11-4-7-19(20)18-9-8-15-5-2-3-6-16(15)17(18)10-12-20/h5,10,12,18-19H,2-4,6-9,11,13H2,1H3/t18-,19+,20+/m1/s1. The van der Waals surface area contributed by atoms with Crippen LogP contribution in [-0.2, 0) is 9.53 Å². The van der Waals surface area contributed by atoms with Gasteiger partial charge in [-0.2, -0.15) is 0 Å². The maximum Gasteiger partial charge on any atom is 0.302 e. The third-order valence-corrected chi connectivity index (χ3v) is 6.40. The van der Waals surface area contributed by atoms with E-state index >= 15 is 0 Å². The number of carbonyl (C=O) groups excluding carboxylic acids is 1. The van der Waals surface area contributed by atoms with Gasteiger partial charge in [-0.25, -0.2) is 0 Å². The molecular formula is C20H26O2. The van der Waals surface area contributed by atoms with Crippen molar-refractivity contribution in [2.45, 2.75) is 58.3 Å². The van der Waals surface area contributed by atoms with Gasteiger partial charge in [-0.05, 0) is 73.5 Å². The highest BCUT2D eigenvalue weighted by atomic mass is 16.5. The van der Waals surface area contributed by atoms with Crippen molar-refractivity contribution in [1.82, 2.24) is 0 Å². The van der Waals surface area contributed by atoms with Gasteiger partial charge in [0.15, 0.2) is 0 Å². The molecule has 0 heterocycles. The van der Waals surface area contributed by atoms with E-state index in [0.717, 1.165) is 0 Å². The average molecular weight is 298 g/mol. The van der Waals surface area contributed by atoms with Gasteiger partial charge in [0, 0.05) is 12.3 Å². The Balaban J connectivity index is 1.70. The van der Waals surface area contributed by atoms with Crippen molar-refractivity contribution in [3.63, 3.8) is 0 Å². The minimum absolute atomic E-state index is 0.121. The first kappa shape index (κ1) is 14.3. The van der Waals surface area contributed by atoms with Crippen LogP contribution in [0.4, 0.5) is 0 Å². The molecular weight excluding hydrogens is 272 g/mol. The summed E-state index contributed by atoms with van der Waals surface area (Å²) in [4.78, 5) is 11.3. The van der Waals surface area contributed by atoms with Gasteiger partial charge in [-0.1, -0.05) is 24.6 Å². The number of ether oxygens (including phenoxy) is 1. The highest BCUT2D eigenvalue weighted by molar-refractivity contribution is 5.66. The van der Waals surface area contributed by atoms with Gasteiger partial charge < -0.3 is 4.74 Å². The Kier molecular flexibility index (Phi) is 3.51. The molecule has 4 aliphatic carbocycles. The molecule has 4 rings (SSSR count). The molecule has 0 saturated heterocycles. The second-order valence-corrected chi connectivity index (χ2v) is 7.55. The molecule has 0 aliphatic heterocycles. The summed E-state index contributed by atoms with van der Waals surface area (Å²) in [5, 5.41) is 0. The van der Waals surface area contributed by atoms with Crippen molar-refractivity contribution in [3.05, 3.63) is 34.9 Å². The van der Waals surface area contributed by atoms with Crippen LogP contribution in [0, 0.1) is 17.3 Å². The summed E-state index contributed by atoms with van der Waals surface area (Å²) in [7, 11) is 0. The van der Waals surface area contributed by atoms with Crippen LogP contribution in [0.2, 0.25) is 0 Å². The first-order chi connectivity index (χ1) is 10.7. The molecule has 118 valence electrons. The van der Waals surface area contributed by atoms with E-state index in [2.05, 4.69) is 18.2 Å². The molecule has 0 spiro atoms. The Hall–Kier alpha value is -1.31. The average Bonchev–Trinajstić information content (AvgIpc) is 2.97. The summed E-state index contributed by atoms with van der Waals surface area (Å²) in [5.41, 5.74) is 5.04. The summed E-state index contributed by atoms with van der Waals surface area (Å²) in [6.45, 7) is 2.12. The number of hydrogen-bond donors (Lipinski definition) is 0. The van der Waals surface area contributed by atoms with Crippen LogP contribution in [0.3, 0.4) is 0 Å². The largest absolute Gasteiger partial charge is 0.465 e. The lowest BCUT2D eigenvalue weighted by Gasteiger charge is -2.45. The second-order valence-electron chi connectivity index (χ2n) is 7.55. The number of hydrogen-bond acceptors (Lipinski definition) is 2. The molecule has 0 aromatic heterocycles. The summed E-state index contributed by atoms with van der Waals surface area (Å²) in [6, 6.07) is 0. The fraction of sp³-hybridized carbons (Fsp3) is 0.650. The van der Waals surface area contributed by atoms with Gasteiger partial charge >= 0.3 is 5.97 Å². The van der Waals surface area contributed by atoms with Crippen LogP contribution >= 0.6 is 0 Å². The third kappa shape index (κ3) is 2.19. The van der Waals surface area contributed by atoms with Crippen molar-refractivity contribution in [2.75, 3.05) is 6.61 Å². The van der Waals surface area contributed by atoms with Crippen molar-refractivity contribution in [3.8, 4) is 0 Å². The molecule has 2 nitrogen and oxygen atoms in total. The maximum absolute atomic E-state index is 11.3. The van der Waals surface area contributed by atoms with Crippen LogP contribution in [0.5, 0.6) is 0 Å². The van der Waals surface area contributed by atoms with E-state index < -0.39 is 0 Å². The van der Waals surface area contributed by atoms with Gasteiger partial charge in [0.2, 0.25) is 0 Å². The summed E-state index contributed by atoms with van der Waals surface area (Å²) < 4.78 is 5.45. The predicted molar refractivity (Wildman–Crippen MR) is 87.2 cm³/mol. The molecule has 0 aromatic rings. The van der Waals surface area contributed by atoms with Gasteiger partial charge in [0.25, 0.3) is 0 Å². The fourth-order valence-electron chi connectivity index (χ4n) is 5.41. The molecule has 0 aromatic carbocycles. The Morgan fingerprint density at radius 2 is 2.23 bits per heavy atom. The number of rotatable bonds is 2. The van der Waals surface area contributed by atoms with Crippen molar-refractivity contribution < 1.29 is 9.53 Å². The molecule has 22 heavy (non-hydrogen) atoms. The van der Waals surface area contributed by atoms with Crippen LogP contribution < -0.4 is 0 Å². The molecule has 1 fully saturated rings. The summed E-state index contributed by atoms with van der Waals surface area (Å²) in [5.74, 6) is 1.25. The molecule has 1 saturated carbocycles. The van der Waals surface area contributed by atoms with Crippen molar-refractivity contribution >= 4 is 5.97 Å². The molecule has 0 unspecified atom stereocenters. The maximum atomic E-state index is 11.3. The fourth-order valence-corrected chi connectivity index (χ4v) is 5.41. The molecule has 0 amide bonds. The monoisotopic (exact) mass is 298 g/mol. The zero-order valence-corrected chi connectivity index (χ0v) is 13.6. The van der Waals surface area contributed by atoms with Gasteiger partial charge in [0.05, 0.1) is 0 Å². The lowest BCUT2D eigenvalue weighted by atomic mass is 9.60. The van der Waals surface area contributed by atoms with E-state index in [0.29, 0.717) is 18.4 Å². The van der Waals surface area contributed by atoms with E-state index in [1.807, 2.05) is 0 Å². The number of fused-ring (bicyclic) bond motifs is 4. The Morgan fingerprint density at radius 3 is 3.09 bits per heavy atom. The van der Waals surface area contributed by atoms with E-state index in [1.165, 1.54) is 58.3 Å². The number of carbonyl (C=O) groups is 1. The normalized spacial score (nSPS) is 36.3. The zero-order chi connectivity index (χ0) is 15.2. The van der Waals surface area contributed by atoms with E-state index in [4.69, 9.17) is 4.74 Å². The highest BCUT2D eigenvalue weighted by Crippen LogP contribution is 2.57. The lowest BCUT2D eigenvalue weighted by molar-refractivity contribution is -0.144.